The van der Waals surface area contributed by atoms with Gasteiger partial charge in [-0.05, 0) is 68.6 Å². The van der Waals surface area contributed by atoms with Crippen molar-refractivity contribution in [2.24, 2.45) is 23.7 Å². The summed E-state index contributed by atoms with van der Waals surface area (Å²) in [7, 11) is 0. The quantitative estimate of drug-likeness (QED) is 0.846. The SMILES string of the molecule is CCCOC(=O)N[C@@H]1CCN(C(=O)OC2C3CC4CC(C3)CC2C4)C1. The lowest BCUT2D eigenvalue weighted by Crippen LogP contribution is -2.51. The summed E-state index contributed by atoms with van der Waals surface area (Å²) in [5.41, 5.74) is 0. The summed E-state index contributed by atoms with van der Waals surface area (Å²) in [6.45, 7) is 3.56. The maximum atomic E-state index is 12.6. The third-order valence-corrected chi connectivity index (χ3v) is 6.58. The zero-order valence-corrected chi connectivity index (χ0v) is 15.1. The van der Waals surface area contributed by atoms with Crippen molar-refractivity contribution in [2.75, 3.05) is 19.7 Å². The van der Waals surface area contributed by atoms with Gasteiger partial charge in [-0.2, -0.15) is 0 Å². The number of hydrogen-bond donors (Lipinski definition) is 1. The number of hydrogen-bond acceptors (Lipinski definition) is 4. The molecule has 4 saturated carbocycles. The van der Waals surface area contributed by atoms with Gasteiger partial charge in [0.15, 0.2) is 0 Å². The van der Waals surface area contributed by atoms with E-state index >= 15 is 0 Å². The van der Waals surface area contributed by atoms with Gasteiger partial charge in [0.05, 0.1) is 12.6 Å². The van der Waals surface area contributed by atoms with Crippen molar-refractivity contribution in [1.29, 1.82) is 0 Å². The van der Waals surface area contributed by atoms with E-state index in [0.717, 1.165) is 24.7 Å². The highest BCUT2D eigenvalue weighted by Crippen LogP contribution is 2.54. The number of rotatable bonds is 4. The molecule has 0 radical (unpaired) electrons. The first-order chi connectivity index (χ1) is 12.1. The van der Waals surface area contributed by atoms with E-state index in [4.69, 9.17) is 9.47 Å². The largest absolute Gasteiger partial charge is 0.450 e. The Hall–Kier alpha value is -1.46. The molecule has 6 heteroatoms. The fourth-order valence-electron chi connectivity index (χ4n) is 5.71. The molecule has 4 aliphatic carbocycles. The molecule has 25 heavy (non-hydrogen) atoms. The van der Waals surface area contributed by atoms with Crippen LogP contribution in [0.15, 0.2) is 0 Å². The smallest absolute Gasteiger partial charge is 0.410 e. The normalized spacial score (nSPS) is 38.7. The number of alkyl carbamates (subject to hydrolysis) is 1. The summed E-state index contributed by atoms with van der Waals surface area (Å²) in [5, 5.41) is 2.84. The Kier molecular flexibility index (Phi) is 4.78. The molecule has 5 aliphatic rings. The highest BCUT2D eigenvalue weighted by molar-refractivity contribution is 5.70. The molecule has 140 valence electrons. The molecule has 1 N–H and O–H groups in total. The maximum Gasteiger partial charge on any atom is 0.410 e. The Morgan fingerprint density at radius 2 is 1.76 bits per heavy atom. The molecule has 0 unspecified atom stereocenters. The second kappa shape index (κ2) is 7.04. The minimum atomic E-state index is -0.386. The first-order valence-electron chi connectivity index (χ1n) is 10.0. The Labute approximate surface area is 149 Å². The average Bonchev–Trinajstić information content (AvgIpc) is 3.04. The van der Waals surface area contributed by atoms with Crippen LogP contribution in [0, 0.1) is 23.7 Å². The summed E-state index contributed by atoms with van der Waals surface area (Å²) in [6.07, 6.45) is 7.52. The molecule has 1 heterocycles. The highest BCUT2D eigenvalue weighted by atomic mass is 16.6. The predicted octanol–water partition coefficient (Wildman–Crippen LogP) is 3.16. The maximum absolute atomic E-state index is 12.6. The van der Waals surface area contributed by atoms with Crippen LogP contribution in [0.3, 0.4) is 0 Å². The van der Waals surface area contributed by atoms with Crippen molar-refractivity contribution in [3.63, 3.8) is 0 Å². The van der Waals surface area contributed by atoms with Gasteiger partial charge in [-0.15, -0.1) is 0 Å². The first kappa shape index (κ1) is 17.0. The third kappa shape index (κ3) is 3.58. The number of nitrogens with one attached hydrogen (secondary N) is 1. The molecule has 2 amide bonds. The first-order valence-corrected chi connectivity index (χ1v) is 10.0. The minimum Gasteiger partial charge on any atom is -0.450 e. The van der Waals surface area contributed by atoms with E-state index < -0.39 is 0 Å². The molecule has 1 saturated heterocycles. The molecule has 5 fully saturated rings. The van der Waals surface area contributed by atoms with Crippen molar-refractivity contribution in [3.8, 4) is 0 Å². The average molecular weight is 350 g/mol. The van der Waals surface area contributed by atoms with Gasteiger partial charge < -0.3 is 19.7 Å². The van der Waals surface area contributed by atoms with Crippen LogP contribution in [-0.2, 0) is 9.47 Å². The second-order valence-corrected chi connectivity index (χ2v) is 8.49. The third-order valence-electron chi connectivity index (χ3n) is 6.58. The molecular weight excluding hydrogens is 320 g/mol. The van der Waals surface area contributed by atoms with E-state index in [1.807, 2.05) is 6.92 Å². The summed E-state index contributed by atoms with van der Waals surface area (Å²) < 4.78 is 11.0. The molecule has 1 atom stereocenters. The van der Waals surface area contributed by atoms with Crippen molar-refractivity contribution in [1.82, 2.24) is 10.2 Å². The molecule has 1 aliphatic heterocycles. The highest BCUT2D eigenvalue weighted by Gasteiger charge is 2.50. The lowest BCUT2D eigenvalue weighted by molar-refractivity contribution is -0.101. The van der Waals surface area contributed by atoms with Crippen LogP contribution in [0.2, 0.25) is 0 Å². The zero-order valence-electron chi connectivity index (χ0n) is 15.1. The van der Waals surface area contributed by atoms with Crippen LogP contribution < -0.4 is 5.32 Å². The fourth-order valence-corrected chi connectivity index (χ4v) is 5.71. The number of nitrogens with zero attached hydrogens (tertiary/aromatic N) is 1. The van der Waals surface area contributed by atoms with Gasteiger partial charge in [0, 0.05) is 13.1 Å². The van der Waals surface area contributed by atoms with E-state index in [1.54, 1.807) is 4.90 Å². The minimum absolute atomic E-state index is 0.0320. The van der Waals surface area contributed by atoms with Crippen molar-refractivity contribution < 1.29 is 19.1 Å². The molecule has 0 aromatic rings. The monoisotopic (exact) mass is 350 g/mol. The van der Waals surface area contributed by atoms with E-state index in [2.05, 4.69) is 5.32 Å². The number of amides is 2. The van der Waals surface area contributed by atoms with Crippen LogP contribution in [-0.4, -0.2) is 48.9 Å². The predicted molar refractivity (Wildman–Crippen MR) is 92.1 cm³/mol. The van der Waals surface area contributed by atoms with Crippen molar-refractivity contribution in [2.45, 2.75) is 64.0 Å². The molecular formula is C19H30N2O4. The van der Waals surface area contributed by atoms with Crippen molar-refractivity contribution in [3.05, 3.63) is 0 Å². The summed E-state index contributed by atoms with van der Waals surface area (Å²) in [4.78, 5) is 26.0. The number of carbonyl (C=O) groups excluding carboxylic acids is 2. The summed E-state index contributed by atoms with van der Waals surface area (Å²) >= 11 is 0. The second-order valence-electron chi connectivity index (χ2n) is 8.49. The molecule has 5 rings (SSSR count). The van der Waals surface area contributed by atoms with E-state index in [9.17, 15) is 9.59 Å². The lowest BCUT2D eigenvalue weighted by Gasteiger charge is -2.53. The number of carbonyl (C=O) groups is 2. The lowest BCUT2D eigenvalue weighted by atomic mass is 9.55. The van der Waals surface area contributed by atoms with Gasteiger partial charge in [-0.3, -0.25) is 0 Å². The van der Waals surface area contributed by atoms with Gasteiger partial charge in [-0.25, -0.2) is 9.59 Å². The van der Waals surface area contributed by atoms with E-state index in [1.165, 1.54) is 32.1 Å². The summed E-state index contributed by atoms with van der Waals surface area (Å²) in [5.74, 6) is 2.93. The molecule has 0 spiro atoms. The Bertz CT molecular complexity index is 496. The van der Waals surface area contributed by atoms with Gasteiger partial charge in [0.2, 0.25) is 0 Å². The van der Waals surface area contributed by atoms with Crippen molar-refractivity contribution >= 4 is 12.2 Å². The van der Waals surface area contributed by atoms with Crippen LogP contribution in [0.1, 0.15) is 51.9 Å². The van der Waals surface area contributed by atoms with Crippen LogP contribution in [0.5, 0.6) is 0 Å². The summed E-state index contributed by atoms with van der Waals surface area (Å²) in [6, 6.07) is -0.0320. The zero-order chi connectivity index (χ0) is 17.4. The Morgan fingerprint density at radius 3 is 2.40 bits per heavy atom. The number of likely N-dealkylation sites (tertiary alicyclic amines) is 1. The standard InChI is InChI=1S/C19H30N2O4/c1-2-5-24-18(22)20-16-3-4-21(11-16)19(23)25-17-14-7-12-6-13(9-14)10-15(17)8-12/h12-17H,2-11H2,1H3,(H,20,22)/t12?,13?,14?,15?,16-,17?/m1/s1. The Balaban J connectivity index is 1.26. The number of ether oxygens (including phenoxy) is 2. The molecule has 6 nitrogen and oxygen atoms in total. The fraction of sp³-hybridized carbons (Fsp3) is 0.895. The van der Waals surface area contributed by atoms with Gasteiger partial charge in [0.1, 0.15) is 6.10 Å². The molecule has 0 aromatic carbocycles. The van der Waals surface area contributed by atoms with Gasteiger partial charge in [0.25, 0.3) is 0 Å². The Morgan fingerprint density at radius 1 is 1.08 bits per heavy atom. The van der Waals surface area contributed by atoms with E-state index in [0.29, 0.717) is 31.5 Å². The van der Waals surface area contributed by atoms with Crippen LogP contribution >= 0.6 is 0 Å². The molecule has 4 bridgehead atoms. The van der Waals surface area contributed by atoms with Gasteiger partial charge >= 0.3 is 12.2 Å². The van der Waals surface area contributed by atoms with Gasteiger partial charge in [-0.1, -0.05) is 6.92 Å². The van der Waals surface area contributed by atoms with Crippen LogP contribution in [0.4, 0.5) is 9.59 Å². The van der Waals surface area contributed by atoms with Crippen LogP contribution in [0.25, 0.3) is 0 Å². The topological polar surface area (TPSA) is 67.9 Å². The van der Waals surface area contributed by atoms with E-state index in [-0.39, 0.29) is 24.3 Å². The molecule has 0 aromatic heterocycles.